The lowest BCUT2D eigenvalue weighted by Gasteiger charge is -2.44. The van der Waals surface area contributed by atoms with E-state index >= 15 is 0 Å². The first-order valence-electron chi connectivity index (χ1n) is 12.5. The molecule has 2 aromatic carbocycles. The lowest BCUT2D eigenvalue weighted by Crippen LogP contribution is -2.52. The number of nitrogens with zero attached hydrogens (tertiary/aromatic N) is 2. The summed E-state index contributed by atoms with van der Waals surface area (Å²) in [6.45, 7) is 6.16. The molecule has 2 amide bonds. The zero-order valence-corrected chi connectivity index (χ0v) is 20.2. The molecule has 2 aliphatic rings. The second kappa shape index (κ2) is 11.5. The molecule has 2 aliphatic heterocycles. The number of carbonyl (C=O) groups excluding carboxylic acids is 2. The SMILES string of the molecule is CC[C@@H](C(=O)N1CCC[C@@](COc2ccccc2)(CC(=O)N2CCOCC2)C1)c1ccccc1. The topological polar surface area (TPSA) is 59.1 Å². The fourth-order valence-electron chi connectivity index (χ4n) is 5.17. The minimum absolute atomic E-state index is 0.129. The van der Waals surface area contributed by atoms with Gasteiger partial charge in [0.2, 0.25) is 11.8 Å². The van der Waals surface area contributed by atoms with Crippen molar-refractivity contribution >= 4 is 11.8 Å². The van der Waals surface area contributed by atoms with E-state index in [-0.39, 0.29) is 17.7 Å². The van der Waals surface area contributed by atoms with Crippen LogP contribution in [-0.2, 0) is 14.3 Å². The highest BCUT2D eigenvalue weighted by Gasteiger charge is 2.42. The fraction of sp³-hybridized carbons (Fsp3) is 0.500. The summed E-state index contributed by atoms with van der Waals surface area (Å²) in [5.74, 6) is 0.905. The van der Waals surface area contributed by atoms with Crippen LogP contribution in [-0.4, -0.2) is 67.6 Å². The minimum atomic E-state index is -0.409. The van der Waals surface area contributed by atoms with Gasteiger partial charge < -0.3 is 19.3 Å². The molecule has 6 heteroatoms. The Kier molecular flexibility index (Phi) is 8.22. The number of piperidine rings is 1. The molecule has 0 radical (unpaired) electrons. The van der Waals surface area contributed by atoms with Crippen LogP contribution in [0.3, 0.4) is 0 Å². The first-order chi connectivity index (χ1) is 16.6. The van der Waals surface area contributed by atoms with Crippen LogP contribution in [0.2, 0.25) is 0 Å². The summed E-state index contributed by atoms with van der Waals surface area (Å²) in [5, 5.41) is 0. The largest absolute Gasteiger partial charge is 0.493 e. The predicted molar refractivity (Wildman–Crippen MR) is 132 cm³/mol. The molecule has 34 heavy (non-hydrogen) atoms. The van der Waals surface area contributed by atoms with Gasteiger partial charge in [0, 0.05) is 38.0 Å². The van der Waals surface area contributed by atoms with Crippen LogP contribution in [0, 0.1) is 5.41 Å². The maximum Gasteiger partial charge on any atom is 0.230 e. The minimum Gasteiger partial charge on any atom is -0.493 e. The van der Waals surface area contributed by atoms with E-state index in [1.807, 2.05) is 70.5 Å². The van der Waals surface area contributed by atoms with E-state index in [4.69, 9.17) is 9.47 Å². The zero-order valence-electron chi connectivity index (χ0n) is 20.2. The van der Waals surface area contributed by atoms with Gasteiger partial charge in [0.25, 0.3) is 0 Å². The number of amides is 2. The van der Waals surface area contributed by atoms with Gasteiger partial charge in [-0.3, -0.25) is 9.59 Å². The Morgan fingerprint density at radius 2 is 1.65 bits per heavy atom. The number of morpholine rings is 1. The van der Waals surface area contributed by atoms with Crippen LogP contribution >= 0.6 is 0 Å². The number of hydrogen-bond donors (Lipinski definition) is 0. The number of rotatable bonds is 8. The highest BCUT2D eigenvalue weighted by molar-refractivity contribution is 5.84. The van der Waals surface area contributed by atoms with Gasteiger partial charge in [-0.1, -0.05) is 55.5 Å². The summed E-state index contributed by atoms with van der Waals surface area (Å²) < 4.78 is 11.6. The monoisotopic (exact) mass is 464 g/mol. The molecular weight excluding hydrogens is 428 g/mol. The molecule has 2 fully saturated rings. The van der Waals surface area contributed by atoms with Crippen molar-refractivity contribution in [3.63, 3.8) is 0 Å². The number of carbonyl (C=O) groups is 2. The summed E-state index contributed by atoms with van der Waals surface area (Å²) >= 11 is 0. The van der Waals surface area contributed by atoms with Gasteiger partial charge >= 0.3 is 0 Å². The first-order valence-corrected chi connectivity index (χ1v) is 12.5. The molecule has 182 valence electrons. The second-order valence-corrected chi connectivity index (χ2v) is 9.51. The number of ether oxygens (including phenoxy) is 2. The van der Waals surface area contributed by atoms with Crippen molar-refractivity contribution < 1.29 is 19.1 Å². The van der Waals surface area contributed by atoms with Gasteiger partial charge in [-0.05, 0) is 37.0 Å². The highest BCUT2D eigenvalue weighted by Crippen LogP contribution is 2.37. The van der Waals surface area contributed by atoms with Gasteiger partial charge in [0.15, 0.2) is 0 Å². The fourth-order valence-corrected chi connectivity index (χ4v) is 5.17. The molecule has 0 aliphatic carbocycles. The molecule has 6 nitrogen and oxygen atoms in total. The van der Waals surface area contributed by atoms with Crippen LogP contribution in [0.25, 0.3) is 0 Å². The molecule has 2 heterocycles. The quantitative estimate of drug-likeness (QED) is 0.590. The third-order valence-corrected chi connectivity index (χ3v) is 7.06. The van der Waals surface area contributed by atoms with Crippen molar-refractivity contribution in [1.29, 1.82) is 0 Å². The van der Waals surface area contributed by atoms with E-state index in [1.165, 1.54) is 0 Å². The number of benzene rings is 2. The molecule has 0 bridgehead atoms. The third-order valence-electron chi connectivity index (χ3n) is 7.06. The number of hydrogen-bond acceptors (Lipinski definition) is 4. The van der Waals surface area contributed by atoms with Crippen molar-refractivity contribution in [2.45, 2.75) is 38.5 Å². The summed E-state index contributed by atoms with van der Waals surface area (Å²) in [5.41, 5.74) is 0.643. The number of likely N-dealkylation sites (tertiary alicyclic amines) is 1. The van der Waals surface area contributed by atoms with Crippen LogP contribution < -0.4 is 4.74 Å². The van der Waals surface area contributed by atoms with Crippen LogP contribution in [0.4, 0.5) is 0 Å². The Balaban J connectivity index is 1.52. The Morgan fingerprint density at radius 1 is 0.971 bits per heavy atom. The van der Waals surface area contributed by atoms with Gasteiger partial charge in [0.05, 0.1) is 25.7 Å². The van der Waals surface area contributed by atoms with E-state index in [9.17, 15) is 9.59 Å². The summed E-state index contributed by atoms with van der Waals surface area (Å²) in [6.07, 6.45) is 2.86. The smallest absolute Gasteiger partial charge is 0.230 e. The van der Waals surface area contributed by atoms with E-state index in [1.54, 1.807) is 0 Å². The third kappa shape index (κ3) is 5.98. The van der Waals surface area contributed by atoms with E-state index < -0.39 is 5.41 Å². The predicted octanol–water partition coefficient (Wildman–Crippen LogP) is 4.12. The second-order valence-electron chi connectivity index (χ2n) is 9.51. The van der Waals surface area contributed by atoms with Gasteiger partial charge in [-0.25, -0.2) is 0 Å². The summed E-state index contributed by atoms with van der Waals surface area (Å²) in [6, 6.07) is 19.7. The number of para-hydroxylation sites is 1. The van der Waals surface area contributed by atoms with Gasteiger partial charge in [-0.15, -0.1) is 0 Å². The molecule has 0 aromatic heterocycles. The van der Waals surface area contributed by atoms with Crippen LogP contribution in [0.1, 0.15) is 44.1 Å². The summed E-state index contributed by atoms with van der Waals surface area (Å²) in [4.78, 5) is 30.8. The lowest BCUT2D eigenvalue weighted by atomic mass is 9.76. The molecule has 0 spiro atoms. The Morgan fingerprint density at radius 3 is 2.32 bits per heavy atom. The molecule has 0 unspecified atom stereocenters. The molecule has 2 aromatic rings. The van der Waals surface area contributed by atoms with E-state index in [0.29, 0.717) is 45.9 Å². The average molecular weight is 465 g/mol. The Labute approximate surface area is 202 Å². The Hall–Kier alpha value is -2.86. The standard InChI is InChI=1S/C28H36N2O4/c1-2-25(23-10-5-3-6-11-23)27(32)30-15-9-14-28(21-30,22-34-24-12-7-4-8-13-24)20-26(31)29-16-18-33-19-17-29/h3-8,10-13,25H,2,9,14-22H2,1H3/t25-,28-/m1/s1. The zero-order chi connectivity index (χ0) is 23.8. The maximum absolute atomic E-state index is 13.7. The lowest BCUT2D eigenvalue weighted by molar-refractivity contribution is -0.144. The maximum atomic E-state index is 13.7. The molecule has 2 saturated heterocycles. The molecule has 4 rings (SSSR count). The molecule has 0 N–H and O–H groups in total. The van der Waals surface area contributed by atoms with Gasteiger partial charge in [-0.2, -0.15) is 0 Å². The van der Waals surface area contributed by atoms with Crippen molar-refractivity contribution in [3.8, 4) is 5.75 Å². The van der Waals surface area contributed by atoms with Crippen molar-refractivity contribution in [2.24, 2.45) is 5.41 Å². The molecular formula is C28H36N2O4. The van der Waals surface area contributed by atoms with Crippen LogP contribution in [0.5, 0.6) is 5.75 Å². The van der Waals surface area contributed by atoms with Crippen molar-refractivity contribution in [3.05, 3.63) is 66.2 Å². The Bertz CT molecular complexity index is 930. The van der Waals surface area contributed by atoms with Crippen molar-refractivity contribution in [2.75, 3.05) is 46.0 Å². The highest BCUT2D eigenvalue weighted by atomic mass is 16.5. The normalized spacial score (nSPS) is 21.7. The summed E-state index contributed by atoms with van der Waals surface area (Å²) in [7, 11) is 0. The van der Waals surface area contributed by atoms with Crippen LogP contribution in [0.15, 0.2) is 60.7 Å². The first kappa shape index (κ1) is 24.3. The average Bonchev–Trinajstić information content (AvgIpc) is 2.90. The van der Waals surface area contributed by atoms with E-state index in [0.717, 1.165) is 37.1 Å². The van der Waals surface area contributed by atoms with E-state index in [2.05, 4.69) is 6.92 Å². The van der Waals surface area contributed by atoms with Gasteiger partial charge in [0.1, 0.15) is 5.75 Å². The molecule has 2 atom stereocenters. The van der Waals surface area contributed by atoms with Crippen molar-refractivity contribution in [1.82, 2.24) is 9.80 Å². The molecule has 0 saturated carbocycles.